The molecule has 0 fully saturated rings. The summed E-state index contributed by atoms with van der Waals surface area (Å²) in [5, 5.41) is 0. The number of aryl methyl sites for hydroxylation is 1. The molecular formula is C14H21N. The lowest BCUT2D eigenvalue weighted by molar-refractivity contribution is 0.515. The highest BCUT2D eigenvalue weighted by atomic mass is 15.2. The second-order valence-electron chi connectivity index (χ2n) is 4.83. The van der Waals surface area contributed by atoms with Crippen LogP contribution in [-0.4, -0.2) is 12.6 Å². The zero-order valence-corrected chi connectivity index (χ0v) is 10.2. The molecule has 1 aliphatic rings. The Balaban J connectivity index is 2.49. The highest BCUT2D eigenvalue weighted by Gasteiger charge is 2.26. The predicted molar refractivity (Wildman–Crippen MR) is 66.7 cm³/mol. The molecule has 0 radical (unpaired) electrons. The Kier molecular flexibility index (Phi) is 2.72. The molecule has 0 saturated carbocycles. The van der Waals surface area contributed by atoms with Crippen molar-refractivity contribution in [1.82, 2.24) is 0 Å². The minimum atomic E-state index is 0.680. The molecule has 2 atom stereocenters. The van der Waals surface area contributed by atoms with Crippen molar-refractivity contribution in [2.24, 2.45) is 0 Å². The van der Waals surface area contributed by atoms with E-state index in [1.807, 2.05) is 0 Å². The van der Waals surface area contributed by atoms with Gasteiger partial charge in [-0.1, -0.05) is 19.1 Å². The van der Waals surface area contributed by atoms with Crippen LogP contribution in [0.4, 0.5) is 5.69 Å². The van der Waals surface area contributed by atoms with E-state index in [1.54, 1.807) is 0 Å². The van der Waals surface area contributed by atoms with E-state index in [-0.39, 0.29) is 0 Å². The van der Waals surface area contributed by atoms with Gasteiger partial charge in [0.25, 0.3) is 0 Å². The Bertz CT molecular complexity index is 356. The van der Waals surface area contributed by atoms with Crippen LogP contribution < -0.4 is 4.90 Å². The molecule has 1 aliphatic heterocycles. The monoisotopic (exact) mass is 203 g/mol. The van der Waals surface area contributed by atoms with Gasteiger partial charge in [-0.25, -0.2) is 0 Å². The molecule has 2 unspecified atom stereocenters. The molecule has 2 rings (SSSR count). The fraction of sp³-hybridized carbons (Fsp3) is 0.571. The fourth-order valence-electron chi connectivity index (χ4n) is 2.80. The van der Waals surface area contributed by atoms with Crippen LogP contribution in [0.3, 0.4) is 0 Å². The number of benzene rings is 1. The topological polar surface area (TPSA) is 3.24 Å². The van der Waals surface area contributed by atoms with E-state index in [0.717, 1.165) is 6.54 Å². The van der Waals surface area contributed by atoms with E-state index in [9.17, 15) is 0 Å². The average Bonchev–Trinajstić information content (AvgIpc) is 2.17. The van der Waals surface area contributed by atoms with Crippen LogP contribution in [0.5, 0.6) is 0 Å². The molecule has 1 aromatic rings. The third-order valence-electron chi connectivity index (χ3n) is 3.59. The lowest BCUT2D eigenvalue weighted by Gasteiger charge is -2.39. The highest BCUT2D eigenvalue weighted by Crippen LogP contribution is 2.38. The summed E-state index contributed by atoms with van der Waals surface area (Å²) in [5.41, 5.74) is 4.36. The summed E-state index contributed by atoms with van der Waals surface area (Å²) < 4.78 is 0. The molecule has 1 heteroatoms. The number of hydrogen-bond donors (Lipinski definition) is 0. The van der Waals surface area contributed by atoms with E-state index >= 15 is 0 Å². The average molecular weight is 203 g/mol. The van der Waals surface area contributed by atoms with E-state index in [2.05, 4.69) is 50.8 Å². The molecular weight excluding hydrogens is 182 g/mol. The summed E-state index contributed by atoms with van der Waals surface area (Å²) in [6.07, 6.45) is 1.28. The first kappa shape index (κ1) is 10.5. The maximum absolute atomic E-state index is 2.53. The molecule has 0 bridgehead atoms. The van der Waals surface area contributed by atoms with Crippen molar-refractivity contribution in [3.63, 3.8) is 0 Å². The summed E-state index contributed by atoms with van der Waals surface area (Å²) in [5.74, 6) is 0.707. The van der Waals surface area contributed by atoms with Crippen LogP contribution in [-0.2, 0) is 0 Å². The first-order valence-electron chi connectivity index (χ1n) is 6.00. The zero-order valence-electron chi connectivity index (χ0n) is 10.2. The molecule has 0 aromatic heterocycles. The third-order valence-corrected chi connectivity index (χ3v) is 3.59. The van der Waals surface area contributed by atoms with E-state index < -0.39 is 0 Å². The summed E-state index contributed by atoms with van der Waals surface area (Å²) in [6, 6.07) is 7.56. The first-order chi connectivity index (χ1) is 7.13. The number of rotatable bonds is 1. The van der Waals surface area contributed by atoms with Crippen LogP contribution in [0.2, 0.25) is 0 Å². The van der Waals surface area contributed by atoms with Crippen LogP contribution in [0, 0.1) is 6.92 Å². The standard InChI is InChI=1S/C14H21N/c1-5-15-12(4)9-11(3)13-7-6-10(2)8-14(13)15/h6-8,11-12H,5,9H2,1-4H3. The minimum Gasteiger partial charge on any atom is -0.369 e. The van der Waals surface area contributed by atoms with Crippen LogP contribution in [0.1, 0.15) is 44.2 Å². The van der Waals surface area contributed by atoms with Gasteiger partial charge in [-0.15, -0.1) is 0 Å². The van der Waals surface area contributed by atoms with Crippen molar-refractivity contribution in [3.05, 3.63) is 29.3 Å². The Hall–Kier alpha value is -0.980. The molecule has 0 saturated heterocycles. The summed E-state index contributed by atoms with van der Waals surface area (Å²) in [4.78, 5) is 2.53. The van der Waals surface area contributed by atoms with Gasteiger partial charge in [0, 0.05) is 18.3 Å². The van der Waals surface area contributed by atoms with Crippen LogP contribution in [0.25, 0.3) is 0 Å². The van der Waals surface area contributed by atoms with Gasteiger partial charge in [-0.2, -0.15) is 0 Å². The largest absolute Gasteiger partial charge is 0.369 e. The summed E-state index contributed by atoms with van der Waals surface area (Å²) >= 11 is 0. The van der Waals surface area contributed by atoms with Crippen molar-refractivity contribution >= 4 is 5.69 Å². The van der Waals surface area contributed by atoms with Gasteiger partial charge in [-0.05, 0) is 50.3 Å². The molecule has 0 amide bonds. The highest BCUT2D eigenvalue weighted by molar-refractivity contribution is 5.59. The van der Waals surface area contributed by atoms with Gasteiger partial charge >= 0.3 is 0 Å². The van der Waals surface area contributed by atoms with Gasteiger partial charge in [0.15, 0.2) is 0 Å². The fourth-order valence-corrected chi connectivity index (χ4v) is 2.80. The minimum absolute atomic E-state index is 0.680. The summed E-state index contributed by atoms with van der Waals surface area (Å²) in [6.45, 7) is 10.2. The van der Waals surface area contributed by atoms with Crippen molar-refractivity contribution in [2.75, 3.05) is 11.4 Å². The number of fused-ring (bicyclic) bond motifs is 1. The lowest BCUT2D eigenvalue weighted by Crippen LogP contribution is -2.38. The second kappa shape index (κ2) is 3.88. The molecule has 15 heavy (non-hydrogen) atoms. The first-order valence-corrected chi connectivity index (χ1v) is 6.00. The molecule has 1 heterocycles. The quantitative estimate of drug-likeness (QED) is 0.672. The van der Waals surface area contributed by atoms with Crippen molar-refractivity contribution in [3.8, 4) is 0 Å². The van der Waals surface area contributed by atoms with Gasteiger partial charge < -0.3 is 4.90 Å². The molecule has 1 nitrogen and oxygen atoms in total. The summed E-state index contributed by atoms with van der Waals surface area (Å²) in [7, 11) is 0. The van der Waals surface area contributed by atoms with E-state index in [1.165, 1.54) is 23.2 Å². The Morgan fingerprint density at radius 2 is 2.07 bits per heavy atom. The number of anilines is 1. The Labute approximate surface area is 93.1 Å². The second-order valence-corrected chi connectivity index (χ2v) is 4.83. The van der Waals surface area contributed by atoms with E-state index in [4.69, 9.17) is 0 Å². The SMILES string of the molecule is CCN1c2cc(C)ccc2C(C)CC1C. The van der Waals surface area contributed by atoms with Gasteiger partial charge in [-0.3, -0.25) is 0 Å². The Morgan fingerprint density at radius 3 is 2.73 bits per heavy atom. The van der Waals surface area contributed by atoms with Crippen molar-refractivity contribution in [2.45, 2.75) is 46.1 Å². The lowest BCUT2D eigenvalue weighted by atomic mass is 9.87. The smallest absolute Gasteiger partial charge is 0.0406 e. The van der Waals surface area contributed by atoms with Crippen LogP contribution in [0.15, 0.2) is 18.2 Å². The molecule has 1 aromatic carbocycles. The van der Waals surface area contributed by atoms with Crippen molar-refractivity contribution < 1.29 is 0 Å². The number of nitrogens with zero attached hydrogens (tertiary/aromatic N) is 1. The zero-order chi connectivity index (χ0) is 11.0. The molecule has 0 N–H and O–H groups in total. The van der Waals surface area contributed by atoms with Gasteiger partial charge in [0.1, 0.15) is 0 Å². The third kappa shape index (κ3) is 1.75. The number of hydrogen-bond acceptors (Lipinski definition) is 1. The van der Waals surface area contributed by atoms with Crippen molar-refractivity contribution in [1.29, 1.82) is 0 Å². The normalized spacial score (nSPS) is 25.2. The maximum atomic E-state index is 2.53. The molecule has 82 valence electrons. The van der Waals surface area contributed by atoms with Crippen LogP contribution >= 0.6 is 0 Å². The van der Waals surface area contributed by atoms with Gasteiger partial charge in [0.05, 0.1) is 0 Å². The maximum Gasteiger partial charge on any atom is 0.0406 e. The molecule has 0 spiro atoms. The van der Waals surface area contributed by atoms with E-state index in [0.29, 0.717) is 12.0 Å². The molecule has 0 aliphatic carbocycles. The Morgan fingerprint density at radius 1 is 1.33 bits per heavy atom. The van der Waals surface area contributed by atoms with Gasteiger partial charge in [0.2, 0.25) is 0 Å². The predicted octanol–water partition coefficient (Wildman–Crippen LogP) is 3.72.